The number of ether oxygens (including phenoxy) is 7. The summed E-state index contributed by atoms with van der Waals surface area (Å²) in [5.74, 6) is -1.17. The minimum absolute atomic E-state index is 0.0269. The second kappa shape index (κ2) is 13.6. The van der Waals surface area contributed by atoms with E-state index in [-0.39, 0.29) is 51.4 Å². The third kappa shape index (κ3) is 6.21. The second-order valence-corrected chi connectivity index (χ2v) is 10.8. The summed E-state index contributed by atoms with van der Waals surface area (Å²) in [6, 6.07) is 2.74. The molecule has 0 amide bonds. The Kier molecular flexibility index (Phi) is 9.99. The van der Waals surface area contributed by atoms with E-state index >= 15 is 0 Å². The summed E-state index contributed by atoms with van der Waals surface area (Å²) in [6.45, 7) is -1.45. The molecule has 0 saturated carbocycles. The lowest BCUT2D eigenvalue weighted by atomic mass is 9.96. The molecule has 46 heavy (non-hydrogen) atoms. The predicted molar refractivity (Wildman–Crippen MR) is 150 cm³/mol. The van der Waals surface area contributed by atoms with Gasteiger partial charge >= 0.3 is 0 Å². The first-order valence-electron chi connectivity index (χ1n) is 14.1. The number of methoxy groups -OCH3 is 2. The van der Waals surface area contributed by atoms with E-state index in [2.05, 4.69) is 0 Å². The van der Waals surface area contributed by atoms with E-state index in [1.807, 2.05) is 0 Å². The van der Waals surface area contributed by atoms with Crippen LogP contribution in [0.3, 0.4) is 0 Å². The average molecular weight is 657 g/mol. The van der Waals surface area contributed by atoms with Gasteiger partial charge in [-0.05, 0) is 18.2 Å². The van der Waals surface area contributed by atoms with E-state index in [0.717, 1.165) is 6.08 Å². The van der Waals surface area contributed by atoms with Crippen LogP contribution in [-0.4, -0.2) is 146 Å². The Morgan fingerprint density at radius 1 is 0.696 bits per heavy atom. The van der Waals surface area contributed by atoms with Crippen molar-refractivity contribution in [1.82, 2.24) is 0 Å². The zero-order chi connectivity index (χ0) is 33.4. The molecular formula is C29H36O17. The molecule has 0 spiro atoms. The van der Waals surface area contributed by atoms with Crippen molar-refractivity contribution >= 4 is 5.76 Å². The molecule has 3 aliphatic heterocycles. The Bertz CT molecular complexity index is 1370. The van der Waals surface area contributed by atoms with Crippen LogP contribution in [0.1, 0.15) is 5.56 Å². The number of benzene rings is 1. The van der Waals surface area contributed by atoms with Gasteiger partial charge in [0.15, 0.2) is 23.0 Å². The van der Waals surface area contributed by atoms with Gasteiger partial charge in [0, 0.05) is 23.3 Å². The van der Waals surface area contributed by atoms with Gasteiger partial charge in [-0.25, -0.2) is 0 Å². The molecule has 17 heteroatoms. The average Bonchev–Trinajstić information content (AvgIpc) is 3.05. The lowest BCUT2D eigenvalue weighted by Crippen LogP contribution is -2.59. The van der Waals surface area contributed by atoms with Crippen LogP contribution in [0.2, 0.25) is 0 Å². The van der Waals surface area contributed by atoms with Crippen LogP contribution in [0.5, 0.6) is 17.2 Å². The smallest absolute Gasteiger partial charge is 0.229 e. The zero-order valence-electron chi connectivity index (χ0n) is 24.5. The lowest BCUT2D eigenvalue weighted by Gasteiger charge is -2.41. The first-order chi connectivity index (χ1) is 21.9. The summed E-state index contributed by atoms with van der Waals surface area (Å²) in [5.41, 5.74) is 0.330. The number of aromatic hydroxyl groups is 1. The van der Waals surface area contributed by atoms with Gasteiger partial charge in [-0.2, -0.15) is 0 Å². The maximum Gasteiger partial charge on any atom is 0.229 e. The summed E-state index contributed by atoms with van der Waals surface area (Å²) in [6.07, 6.45) is -13.7. The van der Waals surface area contributed by atoms with Gasteiger partial charge in [0.1, 0.15) is 66.5 Å². The van der Waals surface area contributed by atoms with Gasteiger partial charge < -0.3 is 84.2 Å². The number of hydrogen-bond donors (Lipinski definition) is 10. The van der Waals surface area contributed by atoms with E-state index in [1.54, 1.807) is 0 Å². The molecule has 1 aromatic rings. The Morgan fingerprint density at radius 3 is 1.72 bits per heavy atom. The molecule has 3 heterocycles. The highest BCUT2D eigenvalue weighted by Gasteiger charge is 2.47. The number of phenolic OH excluding ortho intramolecular Hbond substituents is 1. The molecule has 1 aromatic carbocycles. The minimum atomic E-state index is -1.82. The van der Waals surface area contributed by atoms with Crippen molar-refractivity contribution in [3.63, 3.8) is 0 Å². The number of fused-ring (bicyclic) bond motifs is 1. The van der Waals surface area contributed by atoms with Crippen molar-refractivity contribution in [3.05, 3.63) is 58.8 Å². The molecule has 2 unspecified atom stereocenters. The van der Waals surface area contributed by atoms with Gasteiger partial charge in [-0.1, -0.05) is 0 Å². The van der Waals surface area contributed by atoms with Gasteiger partial charge in [-0.3, -0.25) is 0 Å². The van der Waals surface area contributed by atoms with Crippen molar-refractivity contribution in [2.75, 3.05) is 27.4 Å². The largest absolute Gasteiger partial charge is 0.508 e. The van der Waals surface area contributed by atoms with Crippen LogP contribution in [0.15, 0.2) is 53.2 Å². The summed E-state index contributed by atoms with van der Waals surface area (Å²) < 4.78 is 39.5. The zero-order valence-corrected chi connectivity index (χ0v) is 24.5. The van der Waals surface area contributed by atoms with Crippen molar-refractivity contribution in [2.24, 2.45) is 0 Å². The molecule has 254 valence electrons. The third-order valence-corrected chi connectivity index (χ3v) is 7.87. The normalized spacial score (nSPS) is 36.0. The second-order valence-electron chi connectivity index (χ2n) is 10.8. The predicted octanol–water partition coefficient (Wildman–Crippen LogP) is -2.62. The highest BCUT2D eigenvalue weighted by Crippen LogP contribution is 2.44. The standard InChI is InChI=1S/C29H36O17/c1-40-15-3-10(4-16(41-2)20(15)33)27-17(44-29-26(39)24(37)22(35)19(9-31)46-29)7-12-13(42-27)5-11(32)6-14(12)43-28-25(38)23(36)21(34)18(8-30)45-28/h3-7,13,18-19,21-26,28-39H,8-9H2,1-2H3/t13?,18-,19+,21-,22+,23?,24-,25-,26+,28-,29+/m1/s1. The molecule has 1 aliphatic carbocycles. The van der Waals surface area contributed by atoms with Gasteiger partial charge in [0.05, 0.1) is 27.4 Å². The molecule has 0 aromatic heterocycles. The van der Waals surface area contributed by atoms with Crippen molar-refractivity contribution in [1.29, 1.82) is 0 Å². The molecule has 17 nitrogen and oxygen atoms in total. The molecule has 4 aliphatic rings. The maximum absolute atomic E-state index is 10.7. The van der Waals surface area contributed by atoms with E-state index in [9.17, 15) is 51.1 Å². The molecule has 11 atom stereocenters. The van der Waals surface area contributed by atoms with Crippen LogP contribution >= 0.6 is 0 Å². The summed E-state index contributed by atoms with van der Waals surface area (Å²) in [4.78, 5) is 0. The van der Waals surface area contributed by atoms with Crippen LogP contribution in [-0.2, 0) is 23.7 Å². The van der Waals surface area contributed by atoms with Crippen molar-refractivity contribution < 1.29 is 84.2 Å². The molecule has 2 saturated heterocycles. The summed E-state index contributed by atoms with van der Waals surface area (Å²) >= 11 is 0. The Hall–Kier alpha value is -3.62. The van der Waals surface area contributed by atoms with E-state index in [0.29, 0.717) is 0 Å². The Balaban J connectivity index is 1.58. The van der Waals surface area contributed by atoms with Gasteiger partial charge in [0.25, 0.3) is 0 Å². The van der Waals surface area contributed by atoms with Gasteiger partial charge in [0.2, 0.25) is 18.3 Å². The summed E-state index contributed by atoms with van der Waals surface area (Å²) in [7, 11) is 2.60. The minimum Gasteiger partial charge on any atom is -0.508 e. The first-order valence-corrected chi connectivity index (χ1v) is 14.1. The first kappa shape index (κ1) is 33.7. The Morgan fingerprint density at radius 2 is 1.22 bits per heavy atom. The van der Waals surface area contributed by atoms with Crippen LogP contribution in [0, 0.1) is 0 Å². The highest BCUT2D eigenvalue weighted by atomic mass is 16.7. The number of allylic oxidation sites excluding steroid dienone is 2. The van der Waals surface area contributed by atoms with Crippen LogP contribution in [0.25, 0.3) is 5.76 Å². The fourth-order valence-electron chi connectivity index (χ4n) is 5.30. The molecular weight excluding hydrogens is 620 g/mol. The van der Waals surface area contributed by atoms with Crippen molar-refractivity contribution in [3.8, 4) is 17.2 Å². The van der Waals surface area contributed by atoms with Crippen LogP contribution < -0.4 is 9.47 Å². The number of phenols is 1. The number of hydrogen-bond acceptors (Lipinski definition) is 17. The Labute approximate surface area is 261 Å². The topological polar surface area (TPSA) is 267 Å². The van der Waals surface area contributed by atoms with E-state index < -0.39 is 80.7 Å². The number of aliphatic hydroxyl groups is 9. The fourth-order valence-corrected chi connectivity index (χ4v) is 5.30. The molecule has 0 radical (unpaired) electrons. The van der Waals surface area contributed by atoms with E-state index in [1.165, 1.54) is 38.5 Å². The molecule has 0 bridgehead atoms. The van der Waals surface area contributed by atoms with Crippen LogP contribution in [0.4, 0.5) is 0 Å². The molecule has 5 rings (SSSR count). The highest BCUT2D eigenvalue weighted by molar-refractivity contribution is 5.72. The molecule has 2 fully saturated rings. The number of rotatable bonds is 9. The van der Waals surface area contributed by atoms with Gasteiger partial charge in [-0.15, -0.1) is 0 Å². The lowest BCUT2D eigenvalue weighted by molar-refractivity contribution is -0.291. The number of aliphatic hydroxyl groups excluding tert-OH is 9. The van der Waals surface area contributed by atoms with E-state index in [4.69, 9.17) is 33.2 Å². The quantitative estimate of drug-likeness (QED) is 0.130. The SMILES string of the molecule is COc1cc(C2=C(O[C@H]3O[C@@H](CO)[C@H](O)[C@@H](O)[C@@H]3O)C=C3C(O[C@@H]4O[C@H](CO)[C@@H](O)C(O)[C@H]4O)=CC(O)=CC3O2)cc(OC)c1O. The monoisotopic (exact) mass is 656 g/mol. The molecule has 10 N–H and O–H groups in total. The summed E-state index contributed by atoms with van der Waals surface area (Å²) in [5, 5.41) is 102. The van der Waals surface area contributed by atoms with Crippen molar-refractivity contribution in [2.45, 2.75) is 67.5 Å². The fraction of sp³-hybridized carbons (Fsp3) is 0.517. The maximum atomic E-state index is 10.7. The third-order valence-electron chi connectivity index (χ3n) is 7.87.